The van der Waals surface area contributed by atoms with Crippen molar-refractivity contribution in [1.82, 2.24) is 10.6 Å². The minimum Gasteiger partial charge on any atom is -0.486 e. The second-order valence-electron chi connectivity index (χ2n) is 8.33. The summed E-state index contributed by atoms with van der Waals surface area (Å²) in [5.74, 6) is 2.05. The highest BCUT2D eigenvalue weighted by molar-refractivity contribution is 5.82. The molecule has 1 unspecified atom stereocenters. The van der Waals surface area contributed by atoms with Crippen LogP contribution in [0.3, 0.4) is 0 Å². The minimum atomic E-state index is -0.151. The number of nitrogens with one attached hydrogen (secondary N) is 2. The van der Waals surface area contributed by atoms with E-state index < -0.39 is 0 Å². The third-order valence-electron chi connectivity index (χ3n) is 6.13. The van der Waals surface area contributed by atoms with E-state index >= 15 is 0 Å². The maximum Gasteiger partial charge on any atom is 0.223 e. The second-order valence-corrected chi connectivity index (χ2v) is 8.33. The largest absolute Gasteiger partial charge is 0.486 e. The van der Waals surface area contributed by atoms with Crippen molar-refractivity contribution < 1.29 is 14.3 Å². The zero-order valence-corrected chi connectivity index (χ0v) is 15.2. The van der Waals surface area contributed by atoms with Crippen molar-refractivity contribution in [2.24, 2.45) is 11.3 Å². The Hall–Kier alpha value is -1.75. The van der Waals surface area contributed by atoms with Gasteiger partial charge in [-0.25, -0.2) is 0 Å². The summed E-state index contributed by atoms with van der Waals surface area (Å²) in [4.78, 5) is 12.6. The van der Waals surface area contributed by atoms with Crippen molar-refractivity contribution in [1.29, 1.82) is 0 Å². The Kier molecular flexibility index (Phi) is 4.14. The van der Waals surface area contributed by atoms with E-state index in [0.29, 0.717) is 19.8 Å². The van der Waals surface area contributed by atoms with Crippen molar-refractivity contribution >= 4 is 5.91 Å². The topological polar surface area (TPSA) is 59.6 Å². The van der Waals surface area contributed by atoms with Crippen LogP contribution in [0.25, 0.3) is 0 Å². The van der Waals surface area contributed by atoms with Gasteiger partial charge in [0.05, 0.1) is 0 Å². The number of fused-ring (bicyclic) bond motifs is 1. The van der Waals surface area contributed by atoms with Gasteiger partial charge in [0.2, 0.25) is 5.91 Å². The molecule has 5 heteroatoms. The normalized spacial score (nSPS) is 24.0. The van der Waals surface area contributed by atoms with Gasteiger partial charge in [-0.1, -0.05) is 19.9 Å². The number of amides is 1. The molecule has 0 bridgehead atoms. The van der Waals surface area contributed by atoms with E-state index in [9.17, 15) is 4.79 Å². The predicted octanol–water partition coefficient (Wildman–Crippen LogP) is 2.24. The van der Waals surface area contributed by atoms with Crippen LogP contribution in [0.1, 0.15) is 38.7 Å². The highest BCUT2D eigenvalue weighted by atomic mass is 16.6. The van der Waals surface area contributed by atoms with E-state index in [1.165, 1.54) is 0 Å². The van der Waals surface area contributed by atoms with Crippen molar-refractivity contribution in [3.8, 4) is 11.5 Å². The summed E-state index contributed by atoms with van der Waals surface area (Å²) >= 11 is 0. The van der Waals surface area contributed by atoms with Crippen molar-refractivity contribution in [3.05, 3.63) is 23.8 Å². The Balaban J connectivity index is 1.37. The fourth-order valence-electron chi connectivity index (χ4n) is 4.19. The smallest absolute Gasteiger partial charge is 0.223 e. The molecule has 2 aliphatic heterocycles. The molecule has 4 rings (SSSR count). The summed E-state index contributed by atoms with van der Waals surface area (Å²) in [5, 5.41) is 6.59. The third kappa shape index (κ3) is 3.22. The van der Waals surface area contributed by atoms with Gasteiger partial charge in [0, 0.05) is 17.9 Å². The molecule has 1 amide bonds. The van der Waals surface area contributed by atoms with E-state index in [1.54, 1.807) is 0 Å². The molecular weight excluding hydrogens is 316 g/mol. The van der Waals surface area contributed by atoms with Gasteiger partial charge in [0.1, 0.15) is 13.2 Å². The fourth-order valence-corrected chi connectivity index (χ4v) is 4.19. The van der Waals surface area contributed by atoms with Crippen LogP contribution in [0.5, 0.6) is 11.5 Å². The standard InChI is InChI=1S/C20H28N2O3/c1-19(2,14-3-4-16-17(11-14)25-10-9-24-16)13-22-18(23)15-12-20(15)5-7-21-8-6-20/h3-4,11,15,21H,5-10,12-13H2,1-2H3,(H,22,23). The molecule has 3 aliphatic rings. The lowest BCUT2D eigenvalue weighted by atomic mass is 9.84. The van der Waals surface area contributed by atoms with Crippen LogP contribution in [0, 0.1) is 11.3 Å². The van der Waals surface area contributed by atoms with Gasteiger partial charge in [-0.15, -0.1) is 0 Å². The molecular formula is C20H28N2O3. The van der Waals surface area contributed by atoms with E-state index in [-0.39, 0.29) is 22.7 Å². The number of ether oxygens (including phenoxy) is 2. The van der Waals surface area contributed by atoms with E-state index in [0.717, 1.165) is 49.4 Å². The number of rotatable bonds is 4. The van der Waals surface area contributed by atoms with Crippen LogP contribution in [0.15, 0.2) is 18.2 Å². The van der Waals surface area contributed by atoms with Crippen LogP contribution in [0.2, 0.25) is 0 Å². The van der Waals surface area contributed by atoms with Crippen LogP contribution in [0.4, 0.5) is 0 Å². The molecule has 2 fully saturated rings. The van der Waals surface area contributed by atoms with E-state index in [4.69, 9.17) is 9.47 Å². The minimum absolute atomic E-state index is 0.151. The van der Waals surface area contributed by atoms with Gasteiger partial charge in [0.15, 0.2) is 11.5 Å². The molecule has 25 heavy (non-hydrogen) atoms. The molecule has 1 spiro atoms. The van der Waals surface area contributed by atoms with Gasteiger partial charge >= 0.3 is 0 Å². The highest BCUT2D eigenvalue weighted by Gasteiger charge is 2.57. The molecule has 1 aromatic carbocycles. The van der Waals surface area contributed by atoms with E-state index in [2.05, 4.69) is 30.5 Å². The van der Waals surface area contributed by atoms with Crippen LogP contribution in [-0.4, -0.2) is 38.8 Å². The quantitative estimate of drug-likeness (QED) is 0.879. The number of hydrogen-bond donors (Lipinski definition) is 2. The molecule has 0 radical (unpaired) electrons. The summed E-state index contributed by atoms with van der Waals surface area (Å²) in [6.45, 7) is 8.24. The average molecular weight is 344 g/mol. The Bertz CT molecular complexity index is 665. The van der Waals surface area contributed by atoms with Gasteiger partial charge < -0.3 is 20.1 Å². The highest BCUT2D eigenvalue weighted by Crippen LogP contribution is 2.58. The second kappa shape index (κ2) is 6.20. The van der Waals surface area contributed by atoms with Crippen molar-refractivity contribution in [3.63, 3.8) is 0 Å². The first-order valence-electron chi connectivity index (χ1n) is 9.39. The molecule has 1 saturated heterocycles. The predicted molar refractivity (Wildman–Crippen MR) is 96.1 cm³/mol. The monoisotopic (exact) mass is 344 g/mol. The van der Waals surface area contributed by atoms with Gasteiger partial charge in [-0.05, 0) is 55.5 Å². The van der Waals surface area contributed by atoms with Crippen LogP contribution >= 0.6 is 0 Å². The fraction of sp³-hybridized carbons (Fsp3) is 0.650. The lowest BCUT2D eigenvalue weighted by Gasteiger charge is -2.28. The first kappa shape index (κ1) is 16.7. The summed E-state index contributed by atoms with van der Waals surface area (Å²) in [6, 6.07) is 6.09. The Morgan fingerprint density at radius 1 is 1.24 bits per heavy atom. The molecule has 0 aromatic heterocycles. The zero-order valence-electron chi connectivity index (χ0n) is 15.2. The summed E-state index contributed by atoms with van der Waals surface area (Å²) in [5.41, 5.74) is 1.29. The Labute approximate surface area is 149 Å². The molecule has 1 atom stereocenters. The lowest BCUT2D eigenvalue weighted by molar-refractivity contribution is -0.123. The number of benzene rings is 1. The first-order chi connectivity index (χ1) is 12.0. The van der Waals surface area contributed by atoms with Gasteiger partial charge in [0.25, 0.3) is 0 Å². The van der Waals surface area contributed by atoms with Crippen molar-refractivity contribution in [2.45, 2.75) is 38.5 Å². The number of carbonyl (C=O) groups is 1. The Morgan fingerprint density at radius 3 is 2.72 bits per heavy atom. The zero-order chi connectivity index (χ0) is 17.5. The summed E-state index contributed by atoms with van der Waals surface area (Å²) in [7, 11) is 0. The maximum absolute atomic E-state index is 12.6. The summed E-state index contributed by atoms with van der Waals surface area (Å²) < 4.78 is 11.3. The molecule has 136 valence electrons. The Morgan fingerprint density at radius 2 is 1.96 bits per heavy atom. The molecule has 2 heterocycles. The third-order valence-corrected chi connectivity index (χ3v) is 6.13. The van der Waals surface area contributed by atoms with Crippen LogP contribution < -0.4 is 20.1 Å². The van der Waals surface area contributed by atoms with E-state index in [1.807, 2.05) is 12.1 Å². The molecule has 2 N–H and O–H groups in total. The average Bonchev–Trinajstić information content (AvgIpc) is 3.33. The number of carbonyl (C=O) groups excluding carboxylic acids is 1. The number of hydrogen-bond acceptors (Lipinski definition) is 4. The number of piperidine rings is 1. The molecule has 1 aromatic rings. The summed E-state index contributed by atoms with van der Waals surface area (Å²) in [6.07, 6.45) is 3.33. The van der Waals surface area contributed by atoms with Crippen molar-refractivity contribution in [2.75, 3.05) is 32.8 Å². The molecule has 1 aliphatic carbocycles. The van der Waals surface area contributed by atoms with Crippen LogP contribution in [-0.2, 0) is 10.2 Å². The van der Waals surface area contributed by atoms with Gasteiger partial charge in [-0.3, -0.25) is 4.79 Å². The first-order valence-corrected chi connectivity index (χ1v) is 9.39. The molecule has 1 saturated carbocycles. The molecule has 5 nitrogen and oxygen atoms in total. The SMILES string of the molecule is CC(C)(CNC(=O)C1CC12CCNCC2)c1ccc2c(c1)OCCO2. The maximum atomic E-state index is 12.6. The lowest BCUT2D eigenvalue weighted by Crippen LogP contribution is -2.39. The van der Waals surface area contributed by atoms with Gasteiger partial charge in [-0.2, -0.15) is 0 Å².